The summed E-state index contributed by atoms with van der Waals surface area (Å²) in [6.45, 7) is 0. The molecule has 13 rings (SSSR count). The number of hydrogen-bond donors (Lipinski definition) is 0. The third kappa shape index (κ3) is 7.14. The van der Waals surface area contributed by atoms with Crippen molar-refractivity contribution in [3.8, 4) is 84.2 Å². The molecule has 3 heterocycles. The van der Waals surface area contributed by atoms with Crippen molar-refractivity contribution in [1.29, 1.82) is 0 Å². The Balaban J connectivity index is 0.997. The minimum absolute atomic E-state index is 0.661. The van der Waals surface area contributed by atoms with E-state index < -0.39 is 0 Å². The molecule has 0 amide bonds. The quantitative estimate of drug-likeness (QED) is 0.153. The molecule has 0 atom stereocenters. The molecule has 0 bridgehead atoms. The normalized spacial score (nSPS) is 11.5. The van der Waals surface area contributed by atoms with Crippen LogP contribution in [0.15, 0.2) is 255 Å². The van der Waals surface area contributed by atoms with E-state index in [1.54, 1.807) is 0 Å². The molecule has 0 saturated carbocycles. The Morgan fingerprint density at radius 1 is 0.319 bits per heavy atom. The van der Waals surface area contributed by atoms with Gasteiger partial charge in [-0.3, -0.25) is 0 Å². The van der Waals surface area contributed by atoms with Crippen LogP contribution in [0.2, 0.25) is 0 Å². The summed E-state index contributed by atoms with van der Waals surface area (Å²) in [5.41, 5.74) is 17.9. The number of fused-ring (bicyclic) bond motifs is 6. The number of para-hydroxylation sites is 3. The van der Waals surface area contributed by atoms with Crippen molar-refractivity contribution >= 4 is 43.5 Å². The Kier molecular flexibility index (Phi) is 9.80. The lowest BCUT2D eigenvalue weighted by Gasteiger charge is -2.17. The predicted molar refractivity (Wildman–Crippen MR) is 287 cm³/mol. The maximum atomic E-state index is 5.58. The van der Waals surface area contributed by atoms with Gasteiger partial charge in [-0.15, -0.1) is 0 Å². The van der Waals surface area contributed by atoms with E-state index in [0.717, 1.165) is 116 Å². The fourth-order valence-corrected chi connectivity index (χ4v) is 10.1. The van der Waals surface area contributed by atoms with E-state index in [0.29, 0.717) is 5.82 Å². The van der Waals surface area contributed by atoms with E-state index in [-0.39, 0.29) is 0 Å². The van der Waals surface area contributed by atoms with E-state index >= 15 is 0 Å². The van der Waals surface area contributed by atoms with E-state index in [4.69, 9.17) is 15.0 Å². The smallest absolute Gasteiger partial charge is 0.160 e. The molecule has 0 aliphatic heterocycles. The first-order chi connectivity index (χ1) is 34.2. The highest BCUT2D eigenvalue weighted by atomic mass is 15.0. The number of aromatic nitrogens is 4. The van der Waals surface area contributed by atoms with Gasteiger partial charge < -0.3 is 4.57 Å². The molecule has 322 valence electrons. The second-order valence-electron chi connectivity index (χ2n) is 17.5. The van der Waals surface area contributed by atoms with Crippen LogP contribution >= 0.6 is 0 Å². The van der Waals surface area contributed by atoms with Crippen LogP contribution in [0.5, 0.6) is 0 Å². The molecule has 0 fully saturated rings. The summed E-state index contributed by atoms with van der Waals surface area (Å²) in [6.07, 6.45) is 0. The highest BCUT2D eigenvalue weighted by Gasteiger charge is 2.23. The lowest BCUT2D eigenvalue weighted by Crippen LogP contribution is -1.97. The van der Waals surface area contributed by atoms with Gasteiger partial charge in [-0.1, -0.05) is 212 Å². The zero-order chi connectivity index (χ0) is 45.7. The topological polar surface area (TPSA) is 43.6 Å². The monoisotopic (exact) mass is 878 g/mol. The summed E-state index contributed by atoms with van der Waals surface area (Å²) in [4.78, 5) is 16.2. The first kappa shape index (κ1) is 40.1. The summed E-state index contributed by atoms with van der Waals surface area (Å²) in [5, 5.41) is 5.74. The van der Waals surface area contributed by atoms with Crippen LogP contribution in [-0.4, -0.2) is 19.5 Å². The summed E-state index contributed by atoms with van der Waals surface area (Å²) < 4.78 is 2.41. The maximum Gasteiger partial charge on any atom is 0.160 e. The zero-order valence-corrected chi connectivity index (χ0v) is 37.5. The Hall–Kier alpha value is -9.25. The van der Waals surface area contributed by atoms with E-state index in [2.05, 4.69) is 259 Å². The highest BCUT2D eigenvalue weighted by Crippen LogP contribution is 2.46. The standard InChI is InChI=1S/C65H42N4/c1-4-18-43(19-5-1)48-23-16-25-50(40-48)58-42-59(51-26-17-24-49(41-51)44-20-6-2-7-21-44)68-65(67-58)47-36-34-46(35-37-47)61-53-29-11-10-22-45(53)38-39-56(61)63-62-55-31-13-15-33-60(55)69(52-27-8-3-9-28-52)64(62)54-30-12-14-32-57(54)66-63/h1-42H. The number of rotatable bonds is 8. The fraction of sp³-hybridized carbons (Fsp3) is 0. The third-order valence-electron chi connectivity index (χ3n) is 13.4. The Labute approximate surface area is 400 Å². The third-order valence-corrected chi connectivity index (χ3v) is 13.4. The SMILES string of the molecule is c1ccc(-c2cccc(-c3cc(-c4cccc(-c5ccccc5)c4)nc(-c4ccc(-c5c(-c6nc7ccccc7c7c6c6ccccc6n7-c6ccccc6)ccc6ccccc56)cc4)n3)c2)cc1. The molecular weight excluding hydrogens is 837 g/mol. The minimum Gasteiger partial charge on any atom is -0.308 e. The van der Waals surface area contributed by atoms with Crippen LogP contribution in [-0.2, 0) is 0 Å². The largest absolute Gasteiger partial charge is 0.308 e. The van der Waals surface area contributed by atoms with Crippen LogP contribution in [0.25, 0.3) is 128 Å². The number of pyridine rings is 1. The fourth-order valence-electron chi connectivity index (χ4n) is 10.1. The summed E-state index contributed by atoms with van der Waals surface area (Å²) in [6, 6.07) is 90.4. The molecule has 13 aromatic rings. The second-order valence-corrected chi connectivity index (χ2v) is 17.5. The summed E-state index contributed by atoms with van der Waals surface area (Å²) >= 11 is 0. The van der Waals surface area contributed by atoms with Gasteiger partial charge in [0, 0.05) is 44.1 Å². The lowest BCUT2D eigenvalue weighted by molar-refractivity contribution is 1.18. The number of nitrogens with zero attached hydrogens (tertiary/aromatic N) is 4. The molecule has 0 unspecified atom stereocenters. The first-order valence-corrected chi connectivity index (χ1v) is 23.4. The van der Waals surface area contributed by atoms with Gasteiger partial charge in [0.05, 0.1) is 33.6 Å². The van der Waals surface area contributed by atoms with Crippen LogP contribution < -0.4 is 0 Å². The lowest BCUT2D eigenvalue weighted by atomic mass is 9.89. The Morgan fingerprint density at radius 3 is 1.51 bits per heavy atom. The van der Waals surface area contributed by atoms with Crippen molar-refractivity contribution in [2.75, 3.05) is 0 Å². The van der Waals surface area contributed by atoms with Gasteiger partial charge in [-0.2, -0.15) is 0 Å². The van der Waals surface area contributed by atoms with Gasteiger partial charge in [0.25, 0.3) is 0 Å². The molecule has 10 aromatic carbocycles. The van der Waals surface area contributed by atoms with Crippen LogP contribution in [0.1, 0.15) is 0 Å². The molecule has 3 aromatic heterocycles. The van der Waals surface area contributed by atoms with Crippen LogP contribution in [0.4, 0.5) is 0 Å². The maximum absolute atomic E-state index is 5.58. The van der Waals surface area contributed by atoms with Crippen molar-refractivity contribution in [3.63, 3.8) is 0 Å². The Bertz CT molecular complexity index is 3940. The van der Waals surface area contributed by atoms with Gasteiger partial charge in [0.15, 0.2) is 5.82 Å². The molecule has 4 nitrogen and oxygen atoms in total. The molecule has 0 aliphatic rings. The summed E-state index contributed by atoms with van der Waals surface area (Å²) in [5.74, 6) is 0.661. The van der Waals surface area contributed by atoms with Crippen LogP contribution in [0, 0.1) is 0 Å². The first-order valence-electron chi connectivity index (χ1n) is 23.4. The second kappa shape index (κ2) is 16.9. The van der Waals surface area contributed by atoms with Crippen molar-refractivity contribution in [3.05, 3.63) is 255 Å². The van der Waals surface area contributed by atoms with Crippen molar-refractivity contribution < 1.29 is 0 Å². The summed E-state index contributed by atoms with van der Waals surface area (Å²) in [7, 11) is 0. The molecule has 0 radical (unpaired) electrons. The molecule has 0 saturated heterocycles. The molecule has 0 aliphatic carbocycles. The predicted octanol–water partition coefficient (Wildman–Crippen LogP) is 16.9. The van der Waals surface area contributed by atoms with Crippen molar-refractivity contribution in [1.82, 2.24) is 19.5 Å². The van der Waals surface area contributed by atoms with Crippen LogP contribution in [0.3, 0.4) is 0 Å². The average molecular weight is 879 g/mol. The van der Waals surface area contributed by atoms with Crippen molar-refractivity contribution in [2.24, 2.45) is 0 Å². The number of hydrogen-bond acceptors (Lipinski definition) is 3. The molecule has 0 N–H and O–H groups in total. The van der Waals surface area contributed by atoms with Crippen molar-refractivity contribution in [2.45, 2.75) is 0 Å². The van der Waals surface area contributed by atoms with E-state index in [1.807, 2.05) is 0 Å². The average Bonchev–Trinajstić information content (AvgIpc) is 3.79. The van der Waals surface area contributed by atoms with Gasteiger partial charge in [0.2, 0.25) is 0 Å². The molecule has 0 spiro atoms. The zero-order valence-electron chi connectivity index (χ0n) is 37.5. The molecule has 4 heteroatoms. The van der Waals surface area contributed by atoms with Gasteiger partial charge >= 0.3 is 0 Å². The van der Waals surface area contributed by atoms with Gasteiger partial charge in [-0.25, -0.2) is 15.0 Å². The van der Waals surface area contributed by atoms with Gasteiger partial charge in [-0.05, 0) is 86.6 Å². The number of benzene rings is 10. The Morgan fingerprint density at radius 2 is 0.841 bits per heavy atom. The molecule has 69 heavy (non-hydrogen) atoms. The van der Waals surface area contributed by atoms with Gasteiger partial charge in [0.1, 0.15) is 0 Å². The minimum atomic E-state index is 0.661. The van der Waals surface area contributed by atoms with E-state index in [1.165, 1.54) is 5.39 Å². The highest BCUT2D eigenvalue weighted by molar-refractivity contribution is 6.23. The van der Waals surface area contributed by atoms with E-state index in [9.17, 15) is 0 Å². The molecular formula is C65H42N4.